The fraction of sp³-hybridized carbons (Fsp3) is 0.438. The molecule has 1 amide bonds. The first-order valence-electron chi connectivity index (χ1n) is 7.46. The van der Waals surface area contributed by atoms with Crippen LogP contribution in [0.5, 0.6) is 11.5 Å². The first-order valence-corrected chi connectivity index (χ1v) is 9.28. The van der Waals surface area contributed by atoms with E-state index in [4.69, 9.17) is 4.74 Å². The molecule has 1 unspecified atom stereocenters. The van der Waals surface area contributed by atoms with Crippen molar-refractivity contribution in [3.05, 3.63) is 29.8 Å². The molecule has 1 saturated heterocycles. The number of halogens is 2. The smallest absolute Gasteiger partial charge is 0.387 e. The number of hydrogen-bond acceptors (Lipinski definition) is 5. The quantitative estimate of drug-likeness (QED) is 0.769. The summed E-state index contributed by atoms with van der Waals surface area (Å²) in [4.78, 5) is 12.0. The van der Waals surface area contributed by atoms with Gasteiger partial charge in [0.2, 0.25) is 5.91 Å². The van der Waals surface area contributed by atoms with E-state index in [9.17, 15) is 22.0 Å². The van der Waals surface area contributed by atoms with Crippen molar-refractivity contribution < 1.29 is 31.5 Å². The minimum atomic E-state index is -3.12. The predicted molar refractivity (Wildman–Crippen MR) is 88.5 cm³/mol. The second-order valence-corrected chi connectivity index (χ2v) is 8.20. The van der Waals surface area contributed by atoms with Crippen LogP contribution in [0.3, 0.4) is 0 Å². The van der Waals surface area contributed by atoms with Crippen LogP contribution in [-0.2, 0) is 14.6 Å². The molecule has 1 fully saturated rings. The van der Waals surface area contributed by atoms with Crippen molar-refractivity contribution >= 4 is 21.8 Å². The van der Waals surface area contributed by atoms with Gasteiger partial charge in [0.15, 0.2) is 21.3 Å². The van der Waals surface area contributed by atoms with Crippen molar-refractivity contribution in [2.75, 3.05) is 18.6 Å². The number of sulfone groups is 1. The largest absolute Gasteiger partial charge is 0.493 e. The minimum Gasteiger partial charge on any atom is -0.493 e. The molecule has 1 aromatic rings. The van der Waals surface area contributed by atoms with Gasteiger partial charge in [-0.2, -0.15) is 8.78 Å². The van der Waals surface area contributed by atoms with E-state index in [0.717, 1.165) is 0 Å². The van der Waals surface area contributed by atoms with Crippen LogP contribution < -0.4 is 14.8 Å². The highest BCUT2D eigenvalue weighted by Crippen LogP contribution is 2.30. The first-order chi connectivity index (χ1) is 11.6. The number of methoxy groups -OCH3 is 1. The monoisotopic (exact) mass is 375 g/mol. The Morgan fingerprint density at radius 3 is 2.64 bits per heavy atom. The third-order valence-electron chi connectivity index (χ3n) is 3.76. The summed E-state index contributed by atoms with van der Waals surface area (Å²) in [5, 5.41) is 2.69. The molecule has 1 N–H and O–H groups in total. The van der Waals surface area contributed by atoms with Gasteiger partial charge >= 0.3 is 6.61 Å². The van der Waals surface area contributed by atoms with E-state index in [-0.39, 0.29) is 23.0 Å². The molecule has 2 rings (SSSR count). The number of alkyl halides is 2. The van der Waals surface area contributed by atoms with E-state index in [0.29, 0.717) is 12.0 Å². The summed E-state index contributed by atoms with van der Waals surface area (Å²) in [5.41, 5.74) is -0.245. The molecule has 0 bridgehead atoms. The Morgan fingerprint density at radius 2 is 2.08 bits per heavy atom. The molecule has 1 aromatic carbocycles. The van der Waals surface area contributed by atoms with E-state index in [1.54, 1.807) is 6.92 Å². The van der Waals surface area contributed by atoms with Crippen LogP contribution in [0, 0.1) is 0 Å². The lowest BCUT2D eigenvalue weighted by molar-refractivity contribution is -0.117. The number of hydrogen-bond donors (Lipinski definition) is 1. The van der Waals surface area contributed by atoms with Crippen molar-refractivity contribution in [2.45, 2.75) is 25.5 Å². The molecule has 1 heterocycles. The Bertz CT molecular complexity index is 779. The molecule has 138 valence electrons. The summed E-state index contributed by atoms with van der Waals surface area (Å²) < 4.78 is 57.0. The number of carbonyl (C=O) groups is 1. The average molecular weight is 375 g/mol. The standard InChI is InChI=1S/C16H19F2NO5S/c1-16(7-8-25(21,22)10-16)19-14(20)6-4-11-3-5-12(24-15(17)18)13(9-11)23-2/h3-6,9,15H,7-8,10H2,1-2H3,(H,19,20)/b6-4+. The second kappa shape index (κ2) is 7.38. The Hall–Kier alpha value is -2.16. The summed E-state index contributed by atoms with van der Waals surface area (Å²) >= 11 is 0. The van der Waals surface area contributed by atoms with Crippen molar-refractivity contribution in [3.8, 4) is 11.5 Å². The van der Waals surface area contributed by atoms with Gasteiger partial charge in [-0.1, -0.05) is 6.07 Å². The van der Waals surface area contributed by atoms with Gasteiger partial charge in [-0.05, 0) is 37.1 Å². The topological polar surface area (TPSA) is 81.7 Å². The maximum atomic E-state index is 12.3. The maximum Gasteiger partial charge on any atom is 0.387 e. The molecular weight excluding hydrogens is 356 g/mol. The molecule has 1 aliphatic rings. The molecule has 0 spiro atoms. The summed E-state index contributed by atoms with van der Waals surface area (Å²) in [6.07, 6.45) is 3.08. The van der Waals surface area contributed by atoms with Crippen LogP contribution in [0.25, 0.3) is 6.08 Å². The number of benzene rings is 1. The van der Waals surface area contributed by atoms with Crippen molar-refractivity contribution in [1.29, 1.82) is 0 Å². The van der Waals surface area contributed by atoms with E-state index >= 15 is 0 Å². The molecule has 0 aromatic heterocycles. The highest BCUT2D eigenvalue weighted by atomic mass is 32.2. The van der Waals surface area contributed by atoms with Gasteiger partial charge in [0.1, 0.15) is 0 Å². The summed E-state index contributed by atoms with van der Waals surface area (Å²) in [7, 11) is -1.81. The lowest BCUT2D eigenvalue weighted by atomic mass is 10.0. The Balaban J connectivity index is 2.05. The molecule has 0 aliphatic carbocycles. The summed E-state index contributed by atoms with van der Waals surface area (Å²) in [6, 6.07) is 4.25. The van der Waals surface area contributed by atoms with Gasteiger partial charge < -0.3 is 14.8 Å². The lowest BCUT2D eigenvalue weighted by Gasteiger charge is -2.22. The zero-order valence-corrected chi connectivity index (χ0v) is 14.6. The van der Waals surface area contributed by atoms with Gasteiger partial charge in [-0.25, -0.2) is 8.42 Å². The number of ether oxygens (including phenoxy) is 2. The summed E-state index contributed by atoms with van der Waals surface area (Å²) in [5.74, 6) is -0.477. The van der Waals surface area contributed by atoms with Crippen LogP contribution in [0.4, 0.5) is 8.78 Å². The van der Waals surface area contributed by atoms with E-state index < -0.39 is 27.9 Å². The molecule has 25 heavy (non-hydrogen) atoms. The van der Waals surface area contributed by atoms with Gasteiger partial charge in [0.25, 0.3) is 0 Å². The number of rotatable bonds is 6. The van der Waals surface area contributed by atoms with Crippen molar-refractivity contribution in [3.63, 3.8) is 0 Å². The van der Waals surface area contributed by atoms with E-state index in [2.05, 4.69) is 10.1 Å². The zero-order valence-electron chi connectivity index (χ0n) is 13.8. The molecule has 0 radical (unpaired) electrons. The average Bonchev–Trinajstić information content (AvgIpc) is 2.78. The van der Waals surface area contributed by atoms with E-state index in [1.165, 1.54) is 37.5 Å². The van der Waals surface area contributed by atoms with Crippen LogP contribution >= 0.6 is 0 Å². The molecule has 1 atom stereocenters. The Labute approximate surface area is 144 Å². The first kappa shape index (κ1) is 19.2. The van der Waals surface area contributed by atoms with E-state index in [1.807, 2.05) is 0 Å². The van der Waals surface area contributed by atoms with Crippen LogP contribution in [0.2, 0.25) is 0 Å². The summed E-state index contributed by atoms with van der Waals surface area (Å²) in [6.45, 7) is -1.28. The third kappa shape index (κ3) is 5.42. The number of carbonyl (C=O) groups excluding carboxylic acids is 1. The maximum absolute atomic E-state index is 12.3. The number of amides is 1. The van der Waals surface area contributed by atoms with Crippen LogP contribution in [-0.4, -0.2) is 45.1 Å². The van der Waals surface area contributed by atoms with Gasteiger partial charge in [0, 0.05) is 6.08 Å². The molecule has 0 saturated carbocycles. The fourth-order valence-electron chi connectivity index (χ4n) is 2.60. The molecule has 9 heteroatoms. The molecular formula is C16H19F2NO5S. The van der Waals surface area contributed by atoms with Crippen molar-refractivity contribution in [1.82, 2.24) is 5.32 Å². The minimum absolute atomic E-state index is 0.0519. The van der Waals surface area contributed by atoms with Crippen LogP contribution in [0.15, 0.2) is 24.3 Å². The van der Waals surface area contributed by atoms with Gasteiger partial charge in [0.05, 0.1) is 24.2 Å². The normalized spacial score (nSPS) is 22.3. The van der Waals surface area contributed by atoms with Gasteiger partial charge in [-0.3, -0.25) is 4.79 Å². The van der Waals surface area contributed by atoms with Crippen molar-refractivity contribution in [2.24, 2.45) is 0 Å². The Morgan fingerprint density at radius 1 is 1.36 bits per heavy atom. The third-order valence-corrected chi connectivity index (χ3v) is 5.66. The van der Waals surface area contributed by atoms with Gasteiger partial charge in [-0.15, -0.1) is 0 Å². The highest BCUT2D eigenvalue weighted by Gasteiger charge is 2.39. The highest BCUT2D eigenvalue weighted by molar-refractivity contribution is 7.91. The predicted octanol–water partition coefficient (Wildman–Crippen LogP) is 2.00. The zero-order chi connectivity index (χ0) is 18.7. The second-order valence-electron chi connectivity index (χ2n) is 6.01. The lowest BCUT2D eigenvalue weighted by Crippen LogP contribution is -2.46. The fourth-order valence-corrected chi connectivity index (χ4v) is 4.69. The molecule has 6 nitrogen and oxygen atoms in total. The number of nitrogens with one attached hydrogen (secondary N) is 1. The Kier molecular flexibility index (Phi) is 5.66. The van der Waals surface area contributed by atoms with Crippen LogP contribution in [0.1, 0.15) is 18.9 Å². The SMILES string of the molecule is COc1cc(/C=C/C(=O)NC2(C)CCS(=O)(=O)C2)ccc1OC(F)F. The molecule has 1 aliphatic heterocycles.